The molecule has 0 fully saturated rings. The van der Waals surface area contributed by atoms with Crippen LogP contribution in [0.5, 0.6) is 5.75 Å². The number of rotatable bonds is 5. The average Bonchev–Trinajstić information content (AvgIpc) is 2.90. The Balaban J connectivity index is 2.13. The molecule has 0 aromatic heterocycles. The largest absolute Gasteiger partial charge is 0.495 e. The third-order valence-electron chi connectivity index (χ3n) is 3.31. The van der Waals surface area contributed by atoms with Crippen LogP contribution in [0.2, 0.25) is 0 Å². The highest BCUT2D eigenvalue weighted by atomic mass is 32.2. The maximum atomic E-state index is 11.9. The molecule has 21 heavy (non-hydrogen) atoms. The van der Waals surface area contributed by atoms with Gasteiger partial charge in [0.05, 0.1) is 7.11 Å². The topological polar surface area (TPSA) is 98.5 Å². The molecule has 3 N–H and O–H groups in total. The van der Waals surface area contributed by atoms with E-state index in [1.54, 1.807) is 6.07 Å². The molecule has 1 aliphatic rings. The van der Waals surface area contributed by atoms with Crippen molar-refractivity contribution in [3.8, 4) is 5.75 Å². The number of ether oxygens (including phenoxy) is 1. The molecule has 0 bridgehead atoms. The van der Waals surface area contributed by atoms with Crippen molar-refractivity contribution in [3.05, 3.63) is 30.4 Å². The van der Waals surface area contributed by atoms with Gasteiger partial charge in [-0.25, -0.2) is 13.6 Å². The minimum Gasteiger partial charge on any atom is -0.495 e. The number of hydrogen-bond acceptors (Lipinski definition) is 4. The molecule has 0 aliphatic heterocycles. The van der Waals surface area contributed by atoms with Crippen molar-refractivity contribution in [2.24, 2.45) is 11.1 Å². The van der Waals surface area contributed by atoms with Crippen molar-refractivity contribution in [2.45, 2.75) is 24.2 Å². The summed E-state index contributed by atoms with van der Waals surface area (Å²) in [7, 11) is -2.56. The van der Waals surface area contributed by atoms with Crippen LogP contribution < -0.4 is 15.2 Å². The lowest BCUT2D eigenvalue weighted by Crippen LogP contribution is -2.17. The van der Waals surface area contributed by atoms with Crippen molar-refractivity contribution >= 4 is 21.6 Å². The number of carbonyl (C=O) groups excluding carboxylic acids is 1. The second-order valence-corrected chi connectivity index (χ2v) is 6.46. The van der Waals surface area contributed by atoms with Crippen molar-refractivity contribution in [1.82, 2.24) is 0 Å². The van der Waals surface area contributed by atoms with Gasteiger partial charge in [-0.2, -0.15) is 0 Å². The van der Waals surface area contributed by atoms with E-state index in [-0.39, 0.29) is 22.5 Å². The summed E-state index contributed by atoms with van der Waals surface area (Å²) in [5.41, 5.74) is 0.381. The first-order valence-corrected chi connectivity index (χ1v) is 8.12. The molecule has 0 saturated heterocycles. The Hall–Kier alpha value is -1.86. The van der Waals surface area contributed by atoms with Crippen LogP contribution in [0.3, 0.4) is 0 Å². The van der Waals surface area contributed by atoms with E-state index in [9.17, 15) is 13.2 Å². The zero-order valence-electron chi connectivity index (χ0n) is 11.7. The number of nitrogens with one attached hydrogen (secondary N) is 1. The highest BCUT2D eigenvalue weighted by Gasteiger charge is 2.18. The summed E-state index contributed by atoms with van der Waals surface area (Å²) >= 11 is 0. The van der Waals surface area contributed by atoms with E-state index in [0.717, 1.165) is 12.8 Å². The molecule has 0 spiro atoms. The number of primary sulfonamides is 1. The van der Waals surface area contributed by atoms with Gasteiger partial charge in [-0.15, -0.1) is 0 Å². The predicted octanol–water partition coefficient (Wildman–Crippen LogP) is 1.64. The van der Waals surface area contributed by atoms with E-state index in [1.807, 2.05) is 6.08 Å². The van der Waals surface area contributed by atoms with Crippen LogP contribution in [0.25, 0.3) is 0 Å². The molecule has 0 radical (unpaired) electrons. The molecule has 1 atom stereocenters. The second-order valence-electron chi connectivity index (χ2n) is 4.93. The van der Waals surface area contributed by atoms with Crippen LogP contribution in [0.15, 0.2) is 35.2 Å². The van der Waals surface area contributed by atoms with Gasteiger partial charge < -0.3 is 10.1 Å². The van der Waals surface area contributed by atoms with Crippen LogP contribution in [0.4, 0.5) is 5.69 Å². The SMILES string of the molecule is COc1ccc(NC(=O)CC2C=CCC2)cc1S(N)(=O)=O. The van der Waals surface area contributed by atoms with Gasteiger partial charge >= 0.3 is 0 Å². The van der Waals surface area contributed by atoms with Gasteiger partial charge in [-0.3, -0.25) is 4.79 Å². The van der Waals surface area contributed by atoms with E-state index < -0.39 is 10.0 Å². The van der Waals surface area contributed by atoms with Crippen LogP contribution in [0, 0.1) is 5.92 Å². The van der Waals surface area contributed by atoms with Crippen molar-refractivity contribution in [2.75, 3.05) is 12.4 Å². The summed E-state index contributed by atoms with van der Waals surface area (Å²) in [6.07, 6.45) is 6.44. The number of amides is 1. The Kier molecular flexibility index (Phi) is 4.64. The Morgan fingerprint density at radius 3 is 2.81 bits per heavy atom. The van der Waals surface area contributed by atoms with E-state index >= 15 is 0 Å². The lowest BCUT2D eigenvalue weighted by Gasteiger charge is -2.11. The van der Waals surface area contributed by atoms with Crippen molar-refractivity contribution < 1.29 is 17.9 Å². The van der Waals surface area contributed by atoms with Crippen molar-refractivity contribution in [3.63, 3.8) is 0 Å². The smallest absolute Gasteiger partial charge is 0.241 e. The number of carbonyl (C=O) groups is 1. The first-order valence-electron chi connectivity index (χ1n) is 6.57. The van der Waals surface area contributed by atoms with Crippen LogP contribution >= 0.6 is 0 Å². The Morgan fingerprint density at radius 2 is 2.24 bits per heavy atom. The molecule has 1 unspecified atom stereocenters. The molecular weight excluding hydrogens is 292 g/mol. The maximum Gasteiger partial charge on any atom is 0.241 e. The fraction of sp³-hybridized carbons (Fsp3) is 0.357. The van der Waals surface area contributed by atoms with Gasteiger partial charge in [0.1, 0.15) is 10.6 Å². The summed E-state index contributed by atoms with van der Waals surface area (Å²) in [6.45, 7) is 0. The monoisotopic (exact) mass is 310 g/mol. The van der Waals surface area contributed by atoms with Crippen LogP contribution in [-0.4, -0.2) is 21.4 Å². The van der Waals surface area contributed by atoms with Gasteiger partial charge in [0.2, 0.25) is 15.9 Å². The first-order chi connectivity index (χ1) is 9.90. The second kappa shape index (κ2) is 6.28. The van der Waals surface area contributed by atoms with Gasteiger partial charge in [-0.05, 0) is 37.0 Å². The van der Waals surface area contributed by atoms with E-state index in [2.05, 4.69) is 11.4 Å². The summed E-state index contributed by atoms with van der Waals surface area (Å²) in [6, 6.07) is 4.34. The molecule has 1 aromatic carbocycles. The maximum absolute atomic E-state index is 11.9. The average molecular weight is 310 g/mol. The number of hydrogen-bond donors (Lipinski definition) is 2. The molecule has 0 saturated carbocycles. The molecule has 2 rings (SSSR count). The zero-order valence-corrected chi connectivity index (χ0v) is 12.5. The Morgan fingerprint density at radius 1 is 1.48 bits per heavy atom. The lowest BCUT2D eigenvalue weighted by molar-refractivity contribution is -0.116. The minimum atomic E-state index is -3.91. The fourth-order valence-electron chi connectivity index (χ4n) is 2.29. The molecule has 1 aromatic rings. The summed E-state index contributed by atoms with van der Waals surface area (Å²) < 4.78 is 28.0. The van der Waals surface area contributed by atoms with Gasteiger partial charge in [0.15, 0.2) is 0 Å². The van der Waals surface area contributed by atoms with Crippen LogP contribution in [-0.2, 0) is 14.8 Å². The number of nitrogens with two attached hydrogens (primary N) is 1. The Bertz CT molecular complexity index is 668. The number of allylic oxidation sites excluding steroid dienone is 2. The lowest BCUT2D eigenvalue weighted by atomic mass is 10.1. The zero-order chi connectivity index (χ0) is 15.5. The van der Waals surface area contributed by atoms with E-state index in [4.69, 9.17) is 9.88 Å². The molecule has 114 valence electrons. The summed E-state index contributed by atoms with van der Waals surface area (Å²) in [4.78, 5) is 11.8. The van der Waals surface area contributed by atoms with Gasteiger partial charge in [-0.1, -0.05) is 12.2 Å². The molecule has 7 heteroatoms. The predicted molar refractivity (Wildman–Crippen MR) is 79.5 cm³/mol. The summed E-state index contributed by atoms with van der Waals surface area (Å²) in [5, 5.41) is 7.82. The third-order valence-corrected chi connectivity index (χ3v) is 4.25. The third kappa shape index (κ3) is 4.05. The van der Waals surface area contributed by atoms with Crippen molar-refractivity contribution in [1.29, 1.82) is 0 Å². The highest BCUT2D eigenvalue weighted by Crippen LogP contribution is 2.27. The molecule has 1 aliphatic carbocycles. The quantitative estimate of drug-likeness (QED) is 0.808. The molecule has 1 amide bonds. The number of anilines is 1. The number of methoxy groups -OCH3 is 1. The number of sulfonamides is 1. The molecule has 0 heterocycles. The highest BCUT2D eigenvalue weighted by molar-refractivity contribution is 7.89. The van der Waals surface area contributed by atoms with Crippen LogP contribution in [0.1, 0.15) is 19.3 Å². The van der Waals surface area contributed by atoms with Gasteiger partial charge in [0.25, 0.3) is 0 Å². The fourth-order valence-corrected chi connectivity index (χ4v) is 3.02. The van der Waals surface area contributed by atoms with Gasteiger partial charge in [0, 0.05) is 12.1 Å². The Labute approximate surface area is 124 Å². The first kappa shape index (κ1) is 15.5. The molecular formula is C14H18N2O4S. The molecule has 6 nitrogen and oxygen atoms in total. The standard InChI is InChI=1S/C14H18N2O4S/c1-20-12-7-6-11(9-13(12)21(15,18)19)16-14(17)8-10-4-2-3-5-10/h2,4,6-7,9-10H,3,5,8H2,1H3,(H,16,17)(H2,15,18,19). The summed E-state index contributed by atoms with van der Waals surface area (Å²) in [5.74, 6) is 0.243. The normalized spacial score (nSPS) is 17.7. The van der Waals surface area contributed by atoms with E-state index in [1.165, 1.54) is 19.2 Å². The van der Waals surface area contributed by atoms with E-state index in [0.29, 0.717) is 12.1 Å². The number of benzene rings is 1. The minimum absolute atomic E-state index is 0.147.